The summed E-state index contributed by atoms with van der Waals surface area (Å²) in [5, 5.41) is 0.991. The fourth-order valence-corrected chi connectivity index (χ4v) is 11.1. The fourth-order valence-electron chi connectivity index (χ4n) is 9.25. The van der Waals surface area contributed by atoms with E-state index in [0.717, 1.165) is 5.70 Å². The summed E-state index contributed by atoms with van der Waals surface area (Å²) in [5.74, 6) is -3.77. The number of imide groups is 2. The molecule has 2 aromatic carbocycles. The molecule has 4 aliphatic heterocycles. The lowest BCUT2D eigenvalue weighted by Gasteiger charge is -2.42. The lowest BCUT2D eigenvalue weighted by molar-refractivity contribution is -0.197. The van der Waals surface area contributed by atoms with Crippen LogP contribution in [0.1, 0.15) is 116 Å². The van der Waals surface area contributed by atoms with Crippen LogP contribution < -0.4 is 8.79 Å². The molecule has 0 spiro atoms. The summed E-state index contributed by atoms with van der Waals surface area (Å²) in [6.07, 6.45) is 10.9. The number of quaternary nitrogens is 1. The Morgan fingerprint density at radius 3 is 1.86 bits per heavy atom. The van der Waals surface area contributed by atoms with E-state index in [2.05, 4.69) is 0 Å². The zero-order valence-corrected chi connectivity index (χ0v) is 38.4. The molecular weight excluding hydrogens is 885 g/mol. The molecule has 20 heteroatoms. The van der Waals surface area contributed by atoms with Crippen LogP contribution in [0.15, 0.2) is 83.4 Å². The molecular formula is C45H54N4O14S2. The van der Waals surface area contributed by atoms with Crippen LogP contribution in [0.4, 0.5) is 11.4 Å². The van der Waals surface area contributed by atoms with Gasteiger partial charge in [-0.25, -0.2) is 9.59 Å². The molecule has 2 atom stereocenters. The standard InChI is InChI=1S/C45H54N4O14S2/c1-44(2)33-30-31(64(56,57)58)22-23-34(33)46(28-14-6-10-20-42(54)62-47-38(50)24-25-39(47)51)36(44)18-8-5-9-19-37-45(3,4)32-16-12-13-17-35(32)49(37,65(59,60)61)29-15-7-11-21-43(55)63-48-40(52)26-27-41(48)53/h5,8-9,12-13,16-19,22-23,30,37H,6-7,10-11,14-15,20-21,24-29H2,1-4H3,(H-,56,57,58,59,60,61)/b8-5+,19-9+,36-18+. The van der Waals surface area contributed by atoms with Gasteiger partial charge in [-0.2, -0.15) is 20.7 Å². The van der Waals surface area contributed by atoms with Crippen molar-refractivity contribution in [3.05, 3.63) is 89.7 Å². The molecule has 0 saturated carbocycles. The predicted octanol–water partition coefficient (Wildman–Crippen LogP) is 5.49. The minimum absolute atomic E-state index is 0.00564. The lowest BCUT2D eigenvalue weighted by atomic mass is 9.80. The number of amides is 4. The number of allylic oxidation sites excluding steroid dienone is 5. The molecule has 4 amide bonds. The van der Waals surface area contributed by atoms with E-state index in [1.54, 1.807) is 48.6 Å². The van der Waals surface area contributed by atoms with Crippen molar-refractivity contribution in [3.63, 3.8) is 0 Å². The Kier molecular flexibility index (Phi) is 14.4. The van der Waals surface area contributed by atoms with Crippen molar-refractivity contribution in [3.8, 4) is 0 Å². The maximum absolute atomic E-state index is 13.6. The van der Waals surface area contributed by atoms with Gasteiger partial charge in [-0.1, -0.05) is 56.7 Å². The topological polar surface area (TPSA) is 242 Å². The number of para-hydroxylation sites is 1. The van der Waals surface area contributed by atoms with E-state index in [-0.39, 0.29) is 62.8 Å². The largest absolute Gasteiger partial charge is 0.701 e. The minimum Gasteiger partial charge on any atom is -0.701 e. The minimum atomic E-state index is -5.08. The van der Waals surface area contributed by atoms with Crippen LogP contribution >= 0.6 is 0 Å². The van der Waals surface area contributed by atoms with E-state index >= 15 is 0 Å². The van der Waals surface area contributed by atoms with Crippen LogP contribution in [0.2, 0.25) is 0 Å². The second-order valence-corrected chi connectivity index (χ2v) is 20.5. The molecule has 2 aromatic rings. The number of benzene rings is 2. The van der Waals surface area contributed by atoms with Gasteiger partial charge in [0.2, 0.25) is 0 Å². The highest BCUT2D eigenvalue weighted by atomic mass is 32.2. The molecule has 65 heavy (non-hydrogen) atoms. The van der Waals surface area contributed by atoms with Gasteiger partial charge in [-0.05, 0) is 81.9 Å². The molecule has 0 aromatic heterocycles. The van der Waals surface area contributed by atoms with Crippen molar-refractivity contribution in [1.29, 1.82) is 0 Å². The molecule has 18 nitrogen and oxygen atoms in total. The van der Waals surface area contributed by atoms with E-state index in [1.165, 1.54) is 12.1 Å². The number of anilines is 1. The first-order valence-electron chi connectivity index (χ1n) is 21.5. The molecule has 0 radical (unpaired) electrons. The number of nitrogens with zero attached hydrogens (tertiary/aromatic N) is 4. The Morgan fingerprint density at radius 2 is 1.31 bits per heavy atom. The number of fused-ring (bicyclic) bond motifs is 2. The van der Waals surface area contributed by atoms with Gasteiger partial charge < -0.3 is 19.1 Å². The quantitative estimate of drug-likeness (QED) is 0.0602. The van der Waals surface area contributed by atoms with Crippen LogP contribution in [0.5, 0.6) is 0 Å². The second-order valence-electron chi connectivity index (χ2n) is 17.6. The van der Waals surface area contributed by atoms with Gasteiger partial charge in [0.05, 0.1) is 16.9 Å². The Labute approximate surface area is 378 Å². The van der Waals surface area contributed by atoms with E-state index in [0.29, 0.717) is 64.9 Å². The zero-order chi connectivity index (χ0) is 47.5. The average Bonchev–Trinajstić information content (AvgIpc) is 3.86. The number of unbranched alkanes of at least 4 members (excludes halogenated alkanes) is 4. The van der Waals surface area contributed by atoms with Crippen LogP contribution in [0, 0.1) is 0 Å². The van der Waals surface area contributed by atoms with Crippen LogP contribution in [0.25, 0.3) is 0 Å². The number of hydrogen-bond acceptors (Lipinski definition) is 14. The molecule has 4 aliphatic rings. The summed E-state index contributed by atoms with van der Waals surface area (Å²) in [6, 6.07) is 10.4. The Hall–Kier alpha value is -5.54. The first-order chi connectivity index (χ1) is 30.5. The second kappa shape index (κ2) is 19.1. The molecule has 2 saturated heterocycles. The summed E-state index contributed by atoms with van der Waals surface area (Å²) in [6.45, 7) is 7.93. The van der Waals surface area contributed by atoms with Gasteiger partial charge in [0.15, 0.2) is 5.69 Å². The average molecular weight is 939 g/mol. The number of rotatable bonds is 19. The molecule has 350 valence electrons. The summed E-state index contributed by atoms with van der Waals surface area (Å²) < 4.78 is 73.9. The highest BCUT2D eigenvalue weighted by Gasteiger charge is 2.59. The first kappa shape index (κ1) is 48.9. The number of carbonyl (C=O) groups excluding carboxylic acids is 6. The van der Waals surface area contributed by atoms with E-state index in [9.17, 15) is 54.7 Å². The Morgan fingerprint density at radius 1 is 0.754 bits per heavy atom. The third kappa shape index (κ3) is 10.0. The Balaban J connectivity index is 1.19. The summed E-state index contributed by atoms with van der Waals surface area (Å²) in [5.41, 5.74) is 1.60. The number of hydroxylamine groups is 4. The maximum atomic E-state index is 13.6. The highest BCUT2D eigenvalue weighted by Crippen LogP contribution is 2.53. The van der Waals surface area contributed by atoms with Gasteiger partial charge in [0, 0.05) is 73.5 Å². The summed E-state index contributed by atoms with van der Waals surface area (Å²) >= 11 is 0. The molecule has 2 fully saturated rings. The third-order valence-electron chi connectivity index (χ3n) is 12.6. The Bertz CT molecular complexity index is 2550. The zero-order valence-electron chi connectivity index (χ0n) is 36.8. The van der Waals surface area contributed by atoms with Crippen molar-refractivity contribution < 1.29 is 64.4 Å². The molecule has 0 bridgehead atoms. The molecule has 1 N–H and O–H groups in total. The van der Waals surface area contributed by atoms with Gasteiger partial charge in [-0.3, -0.25) is 23.7 Å². The summed E-state index contributed by atoms with van der Waals surface area (Å²) in [4.78, 5) is 83.8. The van der Waals surface area contributed by atoms with Gasteiger partial charge in [0.1, 0.15) is 6.04 Å². The first-order valence-corrected chi connectivity index (χ1v) is 24.3. The third-order valence-corrected chi connectivity index (χ3v) is 14.8. The lowest BCUT2D eigenvalue weighted by Crippen LogP contribution is -2.61. The van der Waals surface area contributed by atoms with Crippen LogP contribution in [-0.2, 0) is 69.7 Å². The van der Waals surface area contributed by atoms with E-state index in [1.807, 2.05) is 44.7 Å². The van der Waals surface area contributed by atoms with Gasteiger partial charge in [-0.15, -0.1) is 10.1 Å². The van der Waals surface area contributed by atoms with Crippen molar-refractivity contribution in [1.82, 2.24) is 14.0 Å². The van der Waals surface area contributed by atoms with Crippen molar-refractivity contribution in [2.24, 2.45) is 0 Å². The maximum Gasteiger partial charge on any atom is 0.333 e. The molecule has 2 unspecified atom stereocenters. The molecule has 4 heterocycles. The van der Waals surface area contributed by atoms with Crippen molar-refractivity contribution >= 4 is 67.4 Å². The normalized spacial score (nSPS) is 22.2. The van der Waals surface area contributed by atoms with Crippen molar-refractivity contribution in [2.45, 2.75) is 127 Å². The van der Waals surface area contributed by atoms with Gasteiger partial charge >= 0.3 is 11.9 Å². The van der Waals surface area contributed by atoms with Gasteiger partial charge in [0.25, 0.3) is 44.1 Å². The van der Waals surface area contributed by atoms with E-state index < -0.39 is 76.7 Å². The predicted molar refractivity (Wildman–Crippen MR) is 234 cm³/mol. The number of carbonyl (C=O) groups is 6. The highest BCUT2D eigenvalue weighted by molar-refractivity contribution is 7.86. The van der Waals surface area contributed by atoms with Crippen molar-refractivity contribution in [2.75, 3.05) is 18.0 Å². The fraction of sp³-hybridized carbons (Fsp3) is 0.467. The SMILES string of the molecule is CC1(C)\C(=C/C=C/C=C/C2C(C)(C)c3ccccc3[N+]2(CCCCCC(=O)ON2C(=O)CCC2=O)S(=O)(=O)[O-])N(CCCCCC(=O)ON2C(=O)CCC2=O)c2ccc(S(=O)(=O)O)cc21. The number of hydrogen-bond donors (Lipinski definition) is 1. The summed E-state index contributed by atoms with van der Waals surface area (Å²) in [7, 11) is -9.59. The monoisotopic (exact) mass is 938 g/mol. The van der Waals surface area contributed by atoms with Crippen LogP contribution in [0.3, 0.4) is 0 Å². The van der Waals surface area contributed by atoms with Crippen LogP contribution in [-0.4, -0.2) is 90.8 Å². The molecule has 6 rings (SSSR count). The van der Waals surface area contributed by atoms with E-state index in [4.69, 9.17) is 9.68 Å². The molecule has 0 aliphatic carbocycles. The smallest absolute Gasteiger partial charge is 0.333 e.